The molecule has 2 amide bonds. The van der Waals surface area contributed by atoms with Crippen molar-refractivity contribution < 1.29 is 19.1 Å². The molecule has 0 aliphatic carbocycles. The van der Waals surface area contributed by atoms with Crippen molar-refractivity contribution in [1.82, 2.24) is 14.7 Å². The Kier molecular flexibility index (Phi) is 6.20. The summed E-state index contributed by atoms with van der Waals surface area (Å²) in [6.45, 7) is 2.62. The largest absolute Gasteiger partial charge is 0.376 e. The third-order valence-corrected chi connectivity index (χ3v) is 4.39. The molecule has 1 aromatic carbocycles. The number of carbonyl (C=O) groups excluding carboxylic acids is 2. The Morgan fingerprint density at radius 1 is 1.26 bits per heavy atom. The van der Waals surface area contributed by atoms with Crippen LogP contribution in [-0.2, 0) is 20.8 Å². The van der Waals surface area contributed by atoms with E-state index in [2.05, 4.69) is 5.10 Å². The number of hydrogen-bond donors (Lipinski definition) is 1. The maximum absolute atomic E-state index is 12.6. The zero-order valence-electron chi connectivity index (χ0n) is 15.3. The van der Waals surface area contributed by atoms with Gasteiger partial charge in [0.05, 0.1) is 32.1 Å². The number of amides is 2. The molecule has 144 valence electrons. The van der Waals surface area contributed by atoms with E-state index in [9.17, 15) is 9.59 Å². The Balaban J connectivity index is 1.60. The lowest BCUT2D eigenvalue weighted by Gasteiger charge is -2.27. The summed E-state index contributed by atoms with van der Waals surface area (Å²) in [6.07, 6.45) is 3.74. The van der Waals surface area contributed by atoms with Crippen molar-refractivity contribution in [2.45, 2.75) is 19.1 Å². The molecular formula is C19H24N4O4. The second-order valence-corrected chi connectivity index (χ2v) is 6.54. The number of likely N-dealkylation sites (N-methyl/N-ethyl adjacent to an activating group) is 1. The van der Waals surface area contributed by atoms with Crippen molar-refractivity contribution in [3.8, 4) is 11.1 Å². The second-order valence-electron chi connectivity index (χ2n) is 6.54. The van der Waals surface area contributed by atoms with Gasteiger partial charge in [0.1, 0.15) is 0 Å². The number of primary amides is 1. The van der Waals surface area contributed by atoms with Crippen LogP contribution in [0.5, 0.6) is 0 Å². The van der Waals surface area contributed by atoms with Gasteiger partial charge in [-0.15, -0.1) is 0 Å². The molecule has 1 aliphatic heterocycles. The van der Waals surface area contributed by atoms with Crippen molar-refractivity contribution in [2.24, 2.45) is 5.73 Å². The molecule has 1 atom stereocenters. The van der Waals surface area contributed by atoms with Crippen LogP contribution < -0.4 is 5.73 Å². The fourth-order valence-corrected chi connectivity index (χ4v) is 2.92. The van der Waals surface area contributed by atoms with Crippen LogP contribution in [0.3, 0.4) is 0 Å². The molecule has 0 radical (unpaired) electrons. The van der Waals surface area contributed by atoms with E-state index >= 15 is 0 Å². The van der Waals surface area contributed by atoms with Crippen molar-refractivity contribution in [1.29, 1.82) is 0 Å². The first-order valence-electron chi connectivity index (χ1n) is 8.89. The normalized spacial score (nSPS) is 16.9. The van der Waals surface area contributed by atoms with Gasteiger partial charge in [-0.05, 0) is 17.7 Å². The van der Waals surface area contributed by atoms with E-state index < -0.39 is 0 Å². The first-order valence-corrected chi connectivity index (χ1v) is 8.89. The zero-order chi connectivity index (χ0) is 19.2. The topological polar surface area (TPSA) is 99.7 Å². The van der Waals surface area contributed by atoms with Crippen LogP contribution >= 0.6 is 0 Å². The van der Waals surface area contributed by atoms with Gasteiger partial charge in [-0.2, -0.15) is 5.10 Å². The van der Waals surface area contributed by atoms with Crippen LogP contribution in [-0.4, -0.2) is 66.0 Å². The van der Waals surface area contributed by atoms with Gasteiger partial charge in [0.15, 0.2) is 0 Å². The highest BCUT2D eigenvalue weighted by atomic mass is 16.6. The van der Waals surface area contributed by atoms with Gasteiger partial charge in [0, 0.05) is 43.9 Å². The molecule has 2 heterocycles. The monoisotopic (exact) mass is 372 g/mol. The fraction of sp³-hybridized carbons (Fsp3) is 0.421. The highest BCUT2D eigenvalue weighted by molar-refractivity contribution is 5.94. The average molecular weight is 372 g/mol. The van der Waals surface area contributed by atoms with Crippen molar-refractivity contribution in [2.75, 3.05) is 33.4 Å². The summed E-state index contributed by atoms with van der Waals surface area (Å²) in [4.78, 5) is 25.1. The highest BCUT2D eigenvalue weighted by Gasteiger charge is 2.20. The van der Waals surface area contributed by atoms with Crippen molar-refractivity contribution >= 4 is 11.8 Å². The van der Waals surface area contributed by atoms with Crippen LogP contribution in [0.25, 0.3) is 11.1 Å². The number of rotatable bonds is 7. The van der Waals surface area contributed by atoms with E-state index in [1.54, 1.807) is 35.0 Å². The lowest BCUT2D eigenvalue weighted by atomic mass is 10.1. The molecule has 2 aromatic rings. The molecule has 27 heavy (non-hydrogen) atoms. The minimum atomic E-state index is -0.357. The molecule has 1 aromatic heterocycles. The van der Waals surface area contributed by atoms with Gasteiger partial charge in [0.2, 0.25) is 5.91 Å². The predicted molar refractivity (Wildman–Crippen MR) is 99.0 cm³/mol. The Labute approximate surface area is 157 Å². The molecule has 0 spiro atoms. The molecule has 1 aliphatic rings. The third-order valence-electron chi connectivity index (χ3n) is 4.39. The Bertz CT molecular complexity index is 781. The molecule has 2 N–H and O–H groups in total. The Morgan fingerprint density at radius 2 is 2.04 bits per heavy atom. The highest BCUT2D eigenvalue weighted by Crippen LogP contribution is 2.20. The summed E-state index contributed by atoms with van der Waals surface area (Å²) in [5.74, 6) is -0.419. The molecule has 0 saturated carbocycles. The minimum Gasteiger partial charge on any atom is -0.376 e. The summed E-state index contributed by atoms with van der Waals surface area (Å²) in [7, 11) is 1.76. The SMILES string of the molecule is CN(CC1COCCO1)C(=O)c1ccc(-c2cnn(CCC(N)=O)c2)cc1. The molecule has 1 saturated heterocycles. The van der Waals surface area contributed by atoms with Gasteiger partial charge in [0.25, 0.3) is 5.91 Å². The number of carbonyl (C=O) groups is 2. The molecule has 1 unspecified atom stereocenters. The molecule has 0 bridgehead atoms. The molecule has 8 nitrogen and oxygen atoms in total. The Morgan fingerprint density at radius 3 is 2.70 bits per heavy atom. The number of benzene rings is 1. The van der Waals surface area contributed by atoms with Gasteiger partial charge < -0.3 is 20.1 Å². The van der Waals surface area contributed by atoms with Gasteiger partial charge in [-0.25, -0.2) is 0 Å². The van der Waals surface area contributed by atoms with E-state index in [-0.39, 0.29) is 24.3 Å². The Hall–Kier alpha value is -2.71. The molecule has 8 heteroatoms. The third kappa shape index (κ3) is 5.15. The predicted octanol–water partition coefficient (Wildman–Crippen LogP) is 0.913. The van der Waals surface area contributed by atoms with E-state index in [0.717, 1.165) is 11.1 Å². The number of hydrogen-bond acceptors (Lipinski definition) is 5. The molecule has 1 fully saturated rings. The van der Waals surface area contributed by atoms with Crippen molar-refractivity contribution in [3.63, 3.8) is 0 Å². The fourth-order valence-electron chi connectivity index (χ4n) is 2.92. The second kappa shape index (κ2) is 8.79. The minimum absolute atomic E-state index is 0.0622. The van der Waals surface area contributed by atoms with Crippen LogP contribution in [0.2, 0.25) is 0 Å². The maximum atomic E-state index is 12.6. The van der Waals surface area contributed by atoms with E-state index in [1.807, 2.05) is 18.3 Å². The zero-order valence-corrected chi connectivity index (χ0v) is 15.3. The van der Waals surface area contributed by atoms with E-state index in [0.29, 0.717) is 38.5 Å². The van der Waals surface area contributed by atoms with Gasteiger partial charge in [-0.1, -0.05) is 12.1 Å². The lowest BCUT2D eigenvalue weighted by Crippen LogP contribution is -2.40. The van der Waals surface area contributed by atoms with Gasteiger partial charge >= 0.3 is 0 Å². The van der Waals surface area contributed by atoms with Gasteiger partial charge in [-0.3, -0.25) is 14.3 Å². The summed E-state index contributed by atoms with van der Waals surface area (Å²) in [5, 5.41) is 4.22. The smallest absolute Gasteiger partial charge is 0.253 e. The van der Waals surface area contributed by atoms with Crippen LogP contribution in [0, 0.1) is 0 Å². The standard InChI is InChI=1S/C19H24N4O4/c1-22(12-17-13-26-8-9-27-17)19(25)15-4-2-14(3-5-15)16-10-21-23(11-16)7-6-18(20)24/h2-5,10-11,17H,6-9,12-13H2,1H3,(H2,20,24). The summed E-state index contributed by atoms with van der Waals surface area (Å²) >= 11 is 0. The van der Waals surface area contributed by atoms with Crippen molar-refractivity contribution in [3.05, 3.63) is 42.2 Å². The lowest BCUT2D eigenvalue weighted by molar-refractivity contribution is -0.118. The number of nitrogens with two attached hydrogens (primary N) is 1. The van der Waals surface area contributed by atoms with E-state index in [4.69, 9.17) is 15.2 Å². The quantitative estimate of drug-likeness (QED) is 0.779. The van der Waals surface area contributed by atoms with E-state index in [1.165, 1.54) is 0 Å². The molecular weight excluding hydrogens is 348 g/mol. The van der Waals surface area contributed by atoms with Crippen LogP contribution in [0.15, 0.2) is 36.7 Å². The average Bonchev–Trinajstić information content (AvgIpc) is 3.16. The molecule has 3 rings (SSSR count). The number of aromatic nitrogens is 2. The summed E-state index contributed by atoms with van der Waals surface area (Å²) in [6, 6.07) is 7.37. The van der Waals surface area contributed by atoms with Crippen LogP contribution in [0.4, 0.5) is 0 Å². The summed E-state index contributed by atoms with van der Waals surface area (Å²) in [5.41, 5.74) is 7.63. The maximum Gasteiger partial charge on any atom is 0.253 e. The number of ether oxygens (including phenoxy) is 2. The van der Waals surface area contributed by atoms with Crippen LogP contribution in [0.1, 0.15) is 16.8 Å². The number of nitrogens with zero attached hydrogens (tertiary/aromatic N) is 3. The first-order chi connectivity index (χ1) is 13.0. The summed E-state index contributed by atoms with van der Waals surface area (Å²) < 4.78 is 12.6. The first kappa shape index (κ1) is 19.1. The number of aryl methyl sites for hydroxylation is 1.